The lowest BCUT2D eigenvalue weighted by molar-refractivity contribution is 0.141. The minimum atomic E-state index is -0.226. The Hall–Kier alpha value is -0.600. The van der Waals surface area contributed by atoms with Gasteiger partial charge in [-0.25, -0.2) is 4.39 Å². The molecule has 0 amide bonds. The molecule has 2 atom stereocenters. The van der Waals surface area contributed by atoms with Crippen LogP contribution in [0, 0.1) is 11.7 Å². The molecule has 3 heteroatoms. The first-order valence-electron chi connectivity index (χ1n) is 6.27. The second-order valence-electron chi connectivity index (χ2n) is 4.98. The van der Waals surface area contributed by atoms with E-state index in [1.54, 1.807) is 12.1 Å². The maximum Gasteiger partial charge on any atom is 0.127 e. The van der Waals surface area contributed by atoms with Gasteiger partial charge in [-0.1, -0.05) is 36.9 Å². The lowest BCUT2D eigenvalue weighted by Gasteiger charge is -2.16. The Bertz CT molecular complexity index is 380. The number of benzene rings is 1. The molecule has 1 aromatic carbocycles. The Kier molecular flexibility index (Phi) is 4.41. The van der Waals surface area contributed by atoms with Crippen molar-refractivity contribution in [3.8, 4) is 0 Å². The number of hydrogen-bond donors (Lipinski definition) is 1. The first-order chi connectivity index (χ1) is 8.15. The van der Waals surface area contributed by atoms with Gasteiger partial charge in [0.2, 0.25) is 0 Å². The number of aliphatic hydroxyl groups excluding tert-OH is 1. The van der Waals surface area contributed by atoms with Crippen LogP contribution in [0.3, 0.4) is 0 Å². The molecule has 94 valence electrons. The summed E-state index contributed by atoms with van der Waals surface area (Å²) in [4.78, 5) is 0. The van der Waals surface area contributed by atoms with Crippen molar-refractivity contribution >= 4 is 11.6 Å². The molecule has 1 N–H and O–H groups in total. The molecule has 17 heavy (non-hydrogen) atoms. The summed E-state index contributed by atoms with van der Waals surface area (Å²) in [6, 6.07) is 4.85. The van der Waals surface area contributed by atoms with Crippen molar-refractivity contribution in [1.82, 2.24) is 0 Å². The Morgan fingerprint density at radius 1 is 1.29 bits per heavy atom. The van der Waals surface area contributed by atoms with Crippen molar-refractivity contribution in [2.45, 2.75) is 44.6 Å². The number of halogens is 2. The van der Waals surface area contributed by atoms with Gasteiger partial charge in [-0.15, -0.1) is 0 Å². The first kappa shape index (κ1) is 12.8. The summed E-state index contributed by atoms with van der Waals surface area (Å²) in [5, 5.41) is 10.2. The van der Waals surface area contributed by atoms with Gasteiger partial charge >= 0.3 is 0 Å². The van der Waals surface area contributed by atoms with E-state index >= 15 is 0 Å². The van der Waals surface area contributed by atoms with E-state index in [0.717, 1.165) is 32.1 Å². The number of hydrogen-bond acceptors (Lipinski definition) is 1. The van der Waals surface area contributed by atoms with Crippen LogP contribution in [0.15, 0.2) is 18.2 Å². The van der Waals surface area contributed by atoms with Crippen LogP contribution in [0.2, 0.25) is 5.02 Å². The van der Waals surface area contributed by atoms with Crippen LogP contribution in [-0.2, 0) is 6.42 Å². The zero-order valence-corrected chi connectivity index (χ0v) is 10.6. The molecule has 0 saturated heterocycles. The van der Waals surface area contributed by atoms with E-state index in [2.05, 4.69) is 0 Å². The van der Waals surface area contributed by atoms with Gasteiger partial charge in [-0.2, -0.15) is 0 Å². The maximum absolute atomic E-state index is 13.7. The van der Waals surface area contributed by atoms with Crippen LogP contribution in [0.1, 0.15) is 37.7 Å². The summed E-state index contributed by atoms with van der Waals surface area (Å²) < 4.78 is 13.7. The second-order valence-corrected chi connectivity index (χ2v) is 5.42. The highest BCUT2D eigenvalue weighted by atomic mass is 35.5. The van der Waals surface area contributed by atoms with Crippen LogP contribution in [0.5, 0.6) is 0 Å². The fraction of sp³-hybridized carbons (Fsp3) is 0.571. The third-order valence-corrected chi connectivity index (χ3v) is 3.76. The Morgan fingerprint density at radius 2 is 2.06 bits per heavy atom. The molecule has 1 fully saturated rings. The zero-order chi connectivity index (χ0) is 12.3. The van der Waals surface area contributed by atoms with Crippen molar-refractivity contribution < 1.29 is 9.50 Å². The molecule has 2 rings (SSSR count). The van der Waals surface area contributed by atoms with E-state index in [0.29, 0.717) is 22.9 Å². The summed E-state index contributed by atoms with van der Waals surface area (Å²) in [6.45, 7) is 0. The normalized spacial score (nSPS) is 25.6. The van der Waals surface area contributed by atoms with E-state index in [9.17, 15) is 9.50 Å². The Morgan fingerprint density at radius 3 is 2.82 bits per heavy atom. The summed E-state index contributed by atoms with van der Waals surface area (Å²) in [5.41, 5.74) is 0.716. The van der Waals surface area contributed by atoms with Crippen molar-refractivity contribution in [1.29, 1.82) is 0 Å². The summed E-state index contributed by atoms with van der Waals surface area (Å²) in [6.07, 6.45) is 5.48. The number of rotatable bonds is 2. The van der Waals surface area contributed by atoms with E-state index in [1.807, 2.05) is 0 Å². The SMILES string of the molecule is OC1CCCCC(Cc2ccc(Cl)cc2F)C1. The molecule has 0 spiro atoms. The topological polar surface area (TPSA) is 20.2 Å². The molecule has 1 aliphatic carbocycles. The molecular weight excluding hydrogens is 239 g/mol. The molecule has 0 radical (unpaired) electrons. The fourth-order valence-electron chi connectivity index (χ4n) is 2.62. The van der Waals surface area contributed by atoms with Crippen LogP contribution in [-0.4, -0.2) is 11.2 Å². The van der Waals surface area contributed by atoms with Crippen molar-refractivity contribution in [2.24, 2.45) is 5.92 Å². The van der Waals surface area contributed by atoms with Gasteiger partial charge in [-0.3, -0.25) is 0 Å². The van der Waals surface area contributed by atoms with Crippen LogP contribution < -0.4 is 0 Å². The lowest BCUT2D eigenvalue weighted by Crippen LogP contribution is -2.13. The molecule has 0 aliphatic heterocycles. The fourth-order valence-corrected chi connectivity index (χ4v) is 2.78. The predicted molar refractivity (Wildman–Crippen MR) is 67.7 cm³/mol. The van der Waals surface area contributed by atoms with Gasteiger partial charge in [0.25, 0.3) is 0 Å². The summed E-state index contributed by atoms with van der Waals surface area (Å²) in [5.74, 6) is 0.166. The molecule has 0 heterocycles. The molecule has 1 saturated carbocycles. The predicted octanol–water partition coefficient (Wildman–Crippen LogP) is 3.96. The van der Waals surface area contributed by atoms with E-state index < -0.39 is 0 Å². The molecule has 0 bridgehead atoms. The average Bonchev–Trinajstić information content (AvgIpc) is 2.47. The molecule has 1 aromatic rings. The minimum Gasteiger partial charge on any atom is -0.393 e. The van der Waals surface area contributed by atoms with Gasteiger partial charge in [0.1, 0.15) is 5.82 Å². The Balaban J connectivity index is 2.03. The first-order valence-corrected chi connectivity index (χ1v) is 6.65. The quantitative estimate of drug-likeness (QED) is 0.794. The standard InChI is InChI=1S/C14H18ClFO/c15-12-6-5-11(14(16)9-12)7-10-3-1-2-4-13(17)8-10/h5-6,9-10,13,17H,1-4,7-8H2. The van der Waals surface area contributed by atoms with Gasteiger partial charge in [0.05, 0.1) is 6.10 Å². The van der Waals surface area contributed by atoms with E-state index in [-0.39, 0.29) is 11.9 Å². The van der Waals surface area contributed by atoms with Crippen molar-refractivity contribution in [3.05, 3.63) is 34.6 Å². The van der Waals surface area contributed by atoms with E-state index in [4.69, 9.17) is 11.6 Å². The van der Waals surface area contributed by atoms with Gasteiger partial charge < -0.3 is 5.11 Å². The summed E-state index contributed by atoms with van der Waals surface area (Å²) in [7, 11) is 0. The van der Waals surface area contributed by atoms with Gasteiger partial charge in [0, 0.05) is 5.02 Å². The zero-order valence-electron chi connectivity index (χ0n) is 9.83. The van der Waals surface area contributed by atoms with Gasteiger partial charge in [-0.05, 0) is 42.9 Å². The molecule has 2 unspecified atom stereocenters. The molecule has 0 aromatic heterocycles. The summed E-state index contributed by atoms with van der Waals surface area (Å²) >= 11 is 5.73. The van der Waals surface area contributed by atoms with Crippen LogP contribution >= 0.6 is 11.6 Å². The second kappa shape index (κ2) is 5.83. The average molecular weight is 257 g/mol. The lowest BCUT2D eigenvalue weighted by atomic mass is 9.91. The largest absolute Gasteiger partial charge is 0.393 e. The smallest absolute Gasteiger partial charge is 0.127 e. The van der Waals surface area contributed by atoms with Gasteiger partial charge in [0.15, 0.2) is 0 Å². The van der Waals surface area contributed by atoms with Crippen molar-refractivity contribution in [2.75, 3.05) is 0 Å². The highest BCUT2D eigenvalue weighted by Gasteiger charge is 2.19. The molecule has 1 nitrogen and oxygen atoms in total. The monoisotopic (exact) mass is 256 g/mol. The van der Waals surface area contributed by atoms with Crippen molar-refractivity contribution in [3.63, 3.8) is 0 Å². The Labute approximate surface area is 107 Å². The third kappa shape index (κ3) is 3.68. The third-order valence-electron chi connectivity index (χ3n) is 3.53. The van der Waals surface area contributed by atoms with E-state index in [1.165, 1.54) is 6.07 Å². The highest BCUT2D eigenvalue weighted by Crippen LogP contribution is 2.27. The maximum atomic E-state index is 13.7. The highest BCUT2D eigenvalue weighted by molar-refractivity contribution is 6.30. The van der Waals surface area contributed by atoms with Crippen LogP contribution in [0.25, 0.3) is 0 Å². The van der Waals surface area contributed by atoms with Crippen LogP contribution in [0.4, 0.5) is 4.39 Å². The minimum absolute atomic E-state index is 0.210. The molecule has 1 aliphatic rings. The number of aliphatic hydroxyl groups is 1. The molecular formula is C14H18ClFO.